The predicted octanol–water partition coefficient (Wildman–Crippen LogP) is 5.49. The smallest absolute Gasteiger partial charge is 0.341 e. The first-order valence-corrected chi connectivity index (χ1v) is 13.8. The van der Waals surface area contributed by atoms with E-state index in [2.05, 4.69) is 46.2 Å². The summed E-state index contributed by atoms with van der Waals surface area (Å²) in [5.41, 5.74) is 3.88. The van der Waals surface area contributed by atoms with Crippen LogP contribution >= 0.6 is 34.4 Å². The molecular formula is C23H28N4O3S3. The molecule has 1 aliphatic carbocycles. The van der Waals surface area contributed by atoms with Crippen LogP contribution in [-0.4, -0.2) is 39.5 Å². The Hall–Kier alpha value is -2.17. The summed E-state index contributed by atoms with van der Waals surface area (Å²) in [7, 11) is 1.38. The van der Waals surface area contributed by atoms with Gasteiger partial charge in [-0.1, -0.05) is 18.7 Å². The Labute approximate surface area is 206 Å². The van der Waals surface area contributed by atoms with Gasteiger partial charge in [-0.2, -0.15) is 0 Å². The molecule has 0 bridgehead atoms. The van der Waals surface area contributed by atoms with Gasteiger partial charge in [-0.05, 0) is 57.1 Å². The van der Waals surface area contributed by atoms with E-state index in [0.717, 1.165) is 60.8 Å². The Morgan fingerprint density at radius 1 is 1.24 bits per heavy atom. The van der Waals surface area contributed by atoms with Crippen molar-refractivity contribution in [3.8, 4) is 11.4 Å². The average Bonchev–Trinajstić information content (AvgIpc) is 3.47. The normalized spacial score (nSPS) is 13.1. The summed E-state index contributed by atoms with van der Waals surface area (Å²) in [4.78, 5) is 27.7. The van der Waals surface area contributed by atoms with Crippen molar-refractivity contribution in [3.05, 3.63) is 31.8 Å². The minimum absolute atomic E-state index is 0.168. The molecule has 3 aromatic rings. The van der Waals surface area contributed by atoms with Crippen molar-refractivity contribution < 1.29 is 14.3 Å². The number of fused-ring (bicyclic) bond motifs is 1. The third-order valence-corrected chi connectivity index (χ3v) is 9.02. The number of nitrogens with zero attached hydrogens (tertiary/aromatic N) is 3. The molecule has 0 aromatic carbocycles. The van der Waals surface area contributed by atoms with E-state index in [1.54, 1.807) is 11.3 Å². The standard InChI is InChI=1S/C23H28N4O3S3/c1-5-10-27-20(16-11-31-14(3)13(16)2)25-26-23(27)32-12-18(28)24-21-19(22(29)30-4)15-8-6-7-9-17(15)33-21/h11H,5-10,12H2,1-4H3,(H,24,28). The maximum Gasteiger partial charge on any atom is 0.341 e. The number of carbonyl (C=O) groups excluding carboxylic acids is 2. The van der Waals surface area contributed by atoms with Crippen LogP contribution in [0.1, 0.15) is 57.4 Å². The molecule has 3 aromatic heterocycles. The number of hydrogen-bond donors (Lipinski definition) is 1. The van der Waals surface area contributed by atoms with E-state index in [-0.39, 0.29) is 17.6 Å². The minimum Gasteiger partial charge on any atom is -0.465 e. The number of ether oxygens (including phenoxy) is 1. The number of hydrogen-bond acceptors (Lipinski definition) is 8. The fourth-order valence-corrected chi connectivity index (χ4v) is 6.94. The van der Waals surface area contributed by atoms with Crippen LogP contribution in [-0.2, 0) is 28.9 Å². The van der Waals surface area contributed by atoms with Crippen molar-refractivity contribution in [2.24, 2.45) is 0 Å². The van der Waals surface area contributed by atoms with Crippen molar-refractivity contribution in [1.82, 2.24) is 14.8 Å². The zero-order valence-electron chi connectivity index (χ0n) is 19.3. The van der Waals surface area contributed by atoms with E-state index < -0.39 is 0 Å². The Bertz CT molecular complexity index is 1180. The van der Waals surface area contributed by atoms with E-state index in [0.29, 0.717) is 10.6 Å². The van der Waals surface area contributed by atoms with Gasteiger partial charge in [0.15, 0.2) is 11.0 Å². The Morgan fingerprint density at radius 2 is 2.03 bits per heavy atom. The summed E-state index contributed by atoms with van der Waals surface area (Å²) < 4.78 is 7.09. The Morgan fingerprint density at radius 3 is 2.73 bits per heavy atom. The first-order valence-electron chi connectivity index (χ1n) is 11.1. The van der Waals surface area contributed by atoms with E-state index >= 15 is 0 Å². The number of aryl methyl sites for hydroxylation is 2. The lowest BCUT2D eigenvalue weighted by Crippen LogP contribution is -2.17. The van der Waals surface area contributed by atoms with Gasteiger partial charge in [0.1, 0.15) is 5.00 Å². The van der Waals surface area contributed by atoms with Crippen LogP contribution in [0.25, 0.3) is 11.4 Å². The summed E-state index contributed by atoms with van der Waals surface area (Å²) in [6, 6.07) is 0. The highest BCUT2D eigenvalue weighted by atomic mass is 32.2. The van der Waals surface area contributed by atoms with Gasteiger partial charge in [0.05, 0.1) is 18.4 Å². The van der Waals surface area contributed by atoms with Crippen LogP contribution in [0.5, 0.6) is 0 Å². The molecule has 0 radical (unpaired) electrons. The van der Waals surface area contributed by atoms with Gasteiger partial charge in [-0.3, -0.25) is 4.79 Å². The fourth-order valence-electron chi connectivity index (χ4n) is 4.02. The van der Waals surface area contributed by atoms with Crippen molar-refractivity contribution >= 4 is 51.3 Å². The number of rotatable bonds is 8. The molecule has 1 amide bonds. The van der Waals surface area contributed by atoms with Crippen LogP contribution < -0.4 is 5.32 Å². The van der Waals surface area contributed by atoms with Crippen LogP contribution in [0.2, 0.25) is 0 Å². The van der Waals surface area contributed by atoms with Gasteiger partial charge in [0.25, 0.3) is 0 Å². The molecule has 1 aliphatic rings. The topological polar surface area (TPSA) is 86.1 Å². The molecule has 7 nitrogen and oxygen atoms in total. The van der Waals surface area contributed by atoms with Gasteiger partial charge < -0.3 is 14.6 Å². The van der Waals surface area contributed by atoms with Crippen molar-refractivity contribution in [1.29, 1.82) is 0 Å². The maximum absolute atomic E-state index is 12.8. The number of carbonyl (C=O) groups is 2. The SMILES string of the molecule is CCCn1c(SCC(=O)Nc2sc3c(c2C(=O)OC)CCCC3)nnc1-c1csc(C)c1C. The molecule has 0 atom stereocenters. The van der Waals surface area contributed by atoms with Crippen molar-refractivity contribution in [2.75, 3.05) is 18.2 Å². The summed E-state index contributed by atoms with van der Waals surface area (Å²) in [6.45, 7) is 7.11. The van der Waals surface area contributed by atoms with Crippen LogP contribution in [0.15, 0.2) is 10.5 Å². The largest absolute Gasteiger partial charge is 0.465 e. The summed E-state index contributed by atoms with van der Waals surface area (Å²) >= 11 is 4.57. The predicted molar refractivity (Wildman–Crippen MR) is 135 cm³/mol. The van der Waals surface area contributed by atoms with Gasteiger partial charge >= 0.3 is 5.97 Å². The first kappa shape index (κ1) is 24.0. The molecule has 4 rings (SSSR count). The number of aromatic nitrogens is 3. The second-order valence-electron chi connectivity index (χ2n) is 8.03. The second-order valence-corrected chi connectivity index (χ2v) is 11.2. The molecule has 10 heteroatoms. The van der Waals surface area contributed by atoms with E-state index in [9.17, 15) is 9.59 Å². The van der Waals surface area contributed by atoms with Crippen molar-refractivity contribution in [2.45, 2.75) is 64.6 Å². The number of anilines is 1. The summed E-state index contributed by atoms with van der Waals surface area (Å²) in [6.07, 6.45) is 4.89. The fraction of sp³-hybridized carbons (Fsp3) is 0.478. The number of esters is 1. The molecule has 0 unspecified atom stereocenters. The third-order valence-electron chi connectivity index (χ3n) is 5.84. The monoisotopic (exact) mass is 504 g/mol. The van der Waals surface area contributed by atoms with E-state index in [1.807, 2.05) is 0 Å². The molecule has 3 heterocycles. The van der Waals surface area contributed by atoms with Crippen LogP contribution in [0, 0.1) is 13.8 Å². The second kappa shape index (κ2) is 10.4. The highest BCUT2D eigenvalue weighted by molar-refractivity contribution is 7.99. The van der Waals surface area contributed by atoms with Crippen LogP contribution in [0.4, 0.5) is 5.00 Å². The zero-order valence-corrected chi connectivity index (χ0v) is 21.8. The number of methoxy groups -OCH3 is 1. The van der Waals surface area contributed by atoms with E-state index in [4.69, 9.17) is 4.74 Å². The molecule has 0 saturated heterocycles. The molecule has 0 spiro atoms. The molecule has 33 heavy (non-hydrogen) atoms. The highest BCUT2D eigenvalue weighted by Crippen LogP contribution is 2.39. The van der Waals surface area contributed by atoms with Crippen LogP contribution in [0.3, 0.4) is 0 Å². The Balaban J connectivity index is 1.50. The van der Waals surface area contributed by atoms with Gasteiger partial charge in [-0.25, -0.2) is 4.79 Å². The van der Waals surface area contributed by atoms with Gasteiger partial charge in [-0.15, -0.1) is 32.9 Å². The summed E-state index contributed by atoms with van der Waals surface area (Å²) in [5.74, 6) is 0.484. The molecule has 1 N–H and O–H groups in total. The third kappa shape index (κ3) is 4.88. The lowest BCUT2D eigenvalue weighted by atomic mass is 9.95. The van der Waals surface area contributed by atoms with Gasteiger partial charge in [0, 0.05) is 27.2 Å². The number of thioether (sulfide) groups is 1. The number of amides is 1. The highest BCUT2D eigenvalue weighted by Gasteiger charge is 2.27. The quantitative estimate of drug-likeness (QED) is 0.322. The van der Waals surface area contributed by atoms with Gasteiger partial charge in [0.2, 0.25) is 5.91 Å². The molecule has 0 aliphatic heterocycles. The van der Waals surface area contributed by atoms with E-state index in [1.165, 1.54) is 45.5 Å². The molecule has 0 fully saturated rings. The molecule has 176 valence electrons. The summed E-state index contributed by atoms with van der Waals surface area (Å²) in [5, 5.41) is 15.2. The number of nitrogens with one attached hydrogen (secondary N) is 1. The average molecular weight is 505 g/mol. The minimum atomic E-state index is -0.383. The first-order chi connectivity index (χ1) is 15.9. The lowest BCUT2D eigenvalue weighted by Gasteiger charge is -2.11. The molecular weight excluding hydrogens is 476 g/mol. The maximum atomic E-state index is 12.8. The zero-order chi connectivity index (χ0) is 23.5. The van der Waals surface area contributed by atoms with Crippen molar-refractivity contribution in [3.63, 3.8) is 0 Å². The molecule has 0 saturated carbocycles. The Kier molecular flexibility index (Phi) is 7.55. The lowest BCUT2D eigenvalue weighted by molar-refractivity contribution is -0.113. The number of thiophene rings is 2.